The molecule has 0 spiro atoms. The number of anilines is 1. The molecular weight excluding hydrogens is 230 g/mol. The number of nitrogens with one attached hydrogen (secondary N) is 2. The van der Waals surface area contributed by atoms with Crippen molar-refractivity contribution in [2.45, 2.75) is 25.3 Å². The summed E-state index contributed by atoms with van der Waals surface area (Å²) in [5.41, 5.74) is 1.53. The molecule has 2 N–H and O–H groups in total. The number of aromatic nitrogens is 1. The summed E-state index contributed by atoms with van der Waals surface area (Å²) in [7, 11) is 0. The number of carbonyl (C=O) groups excluding carboxylic acids is 1. The van der Waals surface area contributed by atoms with E-state index in [1.165, 1.54) is 0 Å². The fourth-order valence-electron chi connectivity index (χ4n) is 2.16. The quantitative estimate of drug-likeness (QED) is 0.848. The van der Waals surface area contributed by atoms with E-state index in [0.717, 1.165) is 36.9 Å². The molecule has 2 heterocycles. The number of fused-ring (bicyclic) bond motifs is 1. The first-order valence-corrected chi connectivity index (χ1v) is 6.23. The minimum atomic E-state index is -0.249. The highest BCUT2D eigenvalue weighted by molar-refractivity contribution is 5.84. The summed E-state index contributed by atoms with van der Waals surface area (Å²) in [5, 5.41) is 5.95. The van der Waals surface area contributed by atoms with Crippen LogP contribution in [0.15, 0.2) is 28.7 Å². The lowest BCUT2D eigenvalue weighted by Gasteiger charge is -2.12. The van der Waals surface area contributed by atoms with Gasteiger partial charge in [0, 0.05) is 6.54 Å². The number of amides is 1. The predicted molar refractivity (Wildman–Crippen MR) is 68.3 cm³/mol. The van der Waals surface area contributed by atoms with Gasteiger partial charge in [0.2, 0.25) is 5.91 Å². The van der Waals surface area contributed by atoms with Gasteiger partial charge in [0.05, 0.1) is 0 Å². The highest BCUT2D eigenvalue weighted by atomic mass is 16.4. The van der Waals surface area contributed by atoms with Crippen molar-refractivity contribution in [3.63, 3.8) is 0 Å². The van der Waals surface area contributed by atoms with Crippen molar-refractivity contribution in [3.8, 4) is 0 Å². The smallest absolute Gasteiger partial charge is 0.296 e. The number of nitrogens with zero attached hydrogens (tertiary/aromatic N) is 1. The Bertz CT molecular complexity index is 531. The van der Waals surface area contributed by atoms with E-state index < -0.39 is 0 Å². The van der Waals surface area contributed by atoms with Crippen LogP contribution in [-0.2, 0) is 4.79 Å². The molecule has 0 aliphatic carbocycles. The first-order valence-electron chi connectivity index (χ1n) is 6.23. The zero-order valence-corrected chi connectivity index (χ0v) is 9.98. The highest BCUT2D eigenvalue weighted by Gasteiger charge is 2.22. The second-order valence-electron chi connectivity index (χ2n) is 4.47. The summed E-state index contributed by atoms with van der Waals surface area (Å²) in [5.74, 6) is 0.0229. The summed E-state index contributed by atoms with van der Waals surface area (Å²) in [6.45, 7) is 0.755. The van der Waals surface area contributed by atoms with Gasteiger partial charge in [-0.3, -0.25) is 4.79 Å². The number of para-hydroxylation sites is 2. The van der Waals surface area contributed by atoms with Gasteiger partial charge in [-0.1, -0.05) is 12.1 Å². The highest BCUT2D eigenvalue weighted by Crippen LogP contribution is 2.20. The molecule has 1 fully saturated rings. The van der Waals surface area contributed by atoms with E-state index in [2.05, 4.69) is 15.6 Å². The third kappa shape index (κ3) is 2.16. The summed E-state index contributed by atoms with van der Waals surface area (Å²) in [4.78, 5) is 16.1. The molecule has 1 atom stereocenters. The van der Waals surface area contributed by atoms with E-state index in [-0.39, 0.29) is 11.9 Å². The fourth-order valence-corrected chi connectivity index (χ4v) is 2.16. The van der Waals surface area contributed by atoms with Crippen LogP contribution in [0, 0.1) is 0 Å². The second kappa shape index (κ2) is 4.68. The van der Waals surface area contributed by atoms with Crippen molar-refractivity contribution in [1.82, 2.24) is 10.3 Å². The van der Waals surface area contributed by atoms with E-state index in [1.54, 1.807) is 0 Å². The molecule has 1 aliphatic heterocycles. The molecule has 1 unspecified atom stereocenters. The third-order valence-corrected chi connectivity index (χ3v) is 3.13. The Balaban J connectivity index is 1.80. The first-order chi connectivity index (χ1) is 8.83. The van der Waals surface area contributed by atoms with E-state index in [0.29, 0.717) is 6.01 Å². The standard InChI is InChI=1S/C13H15N3O2/c17-12-10(6-3-4-8-14-12)16-13-15-9-5-1-2-7-11(9)18-13/h1-2,5,7,10H,3-4,6,8H2,(H,14,17)(H,15,16). The van der Waals surface area contributed by atoms with Gasteiger partial charge in [0.1, 0.15) is 11.6 Å². The Morgan fingerprint density at radius 1 is 1.33 bits per heavy atom. The van der Waals surface area contributed by atoms with Gasteiger partial charge >= 0.3 is 0 Å². The minimum absolute atomic E-state index is 0.0229. The van der Waals surface area contributed by atoms with Gasteiger partial charge in [-0.2, -0.15) is 4.98 Å². The average Bonchev–Trinajstić information content (AvgIpc) is 2.68. The molecule has 1 aromatic heterocycles. The fraction of sp³-hybridized carbons (Fsp3) is 0.385. The molecule has 3 rings (SSSR count). The molecule has 0 radical (unpaired) electrons. The Morgan fingerprint density at radius 2 is 2.22 bits per heavy atom. The molecule has 94 valence electrons. The number of hydrogen-bond acceptors (Lipinski definition) is 4. The Labute approximate surface area is 105 Å². The zero-order valence-electron chi connectivity index (χ0n) is 9.98. The number of hydrogen-bond donors (Lipinski definition) is 2. The number of rotatable bonds is 2. The first kappa shape index (κ1) is 11.1. The lowest BCUT2D eigenvalue weighted by Crippen LogP contribution is -2.37. The Morgan fingerprint density at radius 3 is 3.11 bits per heavy atom. The Kier molecular flexibility index (Phi) is 2.88. The molecule has 5 heteroatoms. The summed E-state index contributed by atoms with van der Waals surface area (Å²) in [6.07, 6.45) is 2.86. The van der Waals surface area contributed by atoms with Crippen LogP contribution in [0.4, 0.5) is 6.01 Å². The van der Waals surface area contributed by atoms with Crippen LogP contribution in [0.2, 0.25) is 0 Å². The summed E-state index contributed by atoms with van der Waals surface area (Å²) < 4.78 is 5.56. The van der Waals surface area contributed by atoms with Crippen molar-refractivity contribution in [2.75, 3.05) is 11.9 Å². The van der Waals surface area contributed by atoms with Crippen molar-refractivity contribution in [2.24, 2.45) is 0 Å². The van der Waals surface area contributed by atoms with E-state index in [4.69, 9.17) is 4.42 Å². The molecule has 2 aromatic rings. The van der Waals surface area contributed by atoms with Crippen LogP contribution < -0.4 is 10.6 Å². The van der Waals surface area contributed by atoms with Gasteiger partial charge in [-0.25, -0.2) is 0 Å². The topological polar surface area (TPSA) is 67.2 Å². The normalized spacial score (nSPS) is 20.4. The van der Waals surface area contributed by atoms with Crippen molar-refractivity contribution >= 4 is 23.0 Å². The van der Waals surface area contributed by atoms with Crippen LogP contribution in [0.3, 0.4) is 0 Å². The van der Waals surface area contributed by atoms with Crippen LogP contribution >= 0.6 is 0 Å². The average molecular weight is 245 g/mol. The molecule has 1 aromatic carbocycles. The van der Waals surface area contributed by atoms with Crippen LogP contribution in [0.25, 0.3) is 11.1 Å². The molecule has 1 aliphatic rings. The number of carbonyl (C=O) groups is 1. The molecular formula is C13H15N3O2. The van der Waals surface area contributed by atoms with Gasteiger partial charge in [-0.05, 0) is 31.4 Å². The lowest BCUT2D eigenvalue weighted by atomic mass is 10.1. The van der Waals surface area contributed by atoms with Gasteiger partial charge in [0.15, 0.2) is 5.58 Å². The maximum absolute atomic E-state index is 11.8. The SMILES string of the molecule is O=C1NCCCCC1Nc1nc2ccccc2o1. The third-order valence-electron chi connectivity index (χ3n) is 3.13. The monoisotopic (exact) mass is 245 g/mol. The molecule has 1 amide bonds. The van der Waals surface area contributed by atoms with Crippen molar-refractivity contribution < 1.29 is 9.21 Å². The van der Waals surface area contributed by atoms with Gasteiger partial charge in [0.25, 0.3) is 6.01 Å². The minimum Gasteiger partial charge on any atom is -0.424 e. The van der Waals surface area contributed by atoms with Gasteiger partial charge in [-0.15, -0.1) is 0 Å². The largest absolute Gasteiger partial charge is 0.424 e. The van der Waals surface area contributed by atoms with E-state index in [9.17, 15) is 4.79 Å². The molecule has 18 heavy (non-hydrogen) atoms. The summed E-state index contributed by atoms with van der Waals surface area (Å²) in [6, 6.07) is 7.72. The maximum atomic E-state index is 11.8. The van der Waals surface area contributed by atoms with Crippen molar-refractivity contribution in [3.05, 3.63) is 24.3 Å². The zero-order chi connectivity index (χ0) is 12.4. The van der Waals surface area contributed by atoms with Gasteiger partial charge < -0.3 is 15.1 Å². The Hall–Kier alpha value is -2.04. The number of oxazole rings is 1. The molecule has 0 saturated carbocycles. The summed E-state index contributed by atoms with van der Waals surface area (Å²) >= 11 is 0. The predicted octanol–water partition coefficient (Wildman–Crippen LogP) is 1.91. The molecule has 0 bridgehead atoms. The lowest BCUT2D eigenvalue weighted by molar-refractivity contribution is -0.121. The van der Waals surface area contributed by atoms with Crippen LogP contribution in [0.5, 0.6) is 0 Å². The maximum Gasteiger partial charge on any atom is 0.296 e. The van der Waals surface area contributed by atoms with E-state index >= 15 is 0 Å². The second-order valence-corrected chi connectivity index (χ2v) is 4.47. The van der Waals surface area contributed by atoms with E-state index in [1.807, 2.05) is 24.3 Å². The molecule has 1 saturated heterocycles. The van der Waals surface area contributed by atoms with Crippen molar-refractivity contribution in [1.29, 1.82) is 0 Å². The number of benzene rings is 1. The van der Waals surface area contributed by atoms with Crippen LogP contribution in [0.1, 0.15) is 19.3 Å². The molecule has 5 nitrogen and oxygen atoms in total. The van der Waals surface area contributed by atoms with Crippen LogP contribution in [-0.4, -0.2) is 23.5 Å².